The highest BCUT2D eigenvalue weighted by Gasteiger charge is 2.22. The van der Waals surface area contributed by atoms with Gasteiger partial charge in [0.25, 0.3) is 0 Å². The summed E-state index contributed by atoms with van der Waals surface area (Å²) < 4.78 is 0. The van der Waals surface area contributed by atoms with Crippen molar-refractivity contribution in [3.8, 4) is 0 Å². The molecule has 7 N–H and O–H groups in total. The van der Waals surface area contributed by atoms with E-state index in [1.165, 1.54) is 6.92 Å². The Kier molecular flexibility index (Phi) is 11.7. The number of rotatable bonds is 7. The van der Waals surface area contributed by atoms with Crippen molar-refractivity contribution in [2.75, 3.05) is 6.61 Å². The average Bonchev–Trinajstić information content (AvgIpc) is 2.43. The molecule has 0 rings (SSSR count). The molecule has 9 heteroatoms. The molecule has 0 aromatic heterocycles. The van der Waals surface area contributed by atoms with Gasteiger partial charge in [-0.3, -0.25) is 0 Å². The summed E-state index contributed by atoms with van der Waals surface area (Å²) in [6, 6.07) is 0. The molecule has 0 aromatic rings. The average molecular weight is 284 g/mol. The van der Waals surface area contributed by atoms with Gasteiger partial charge in [0.05, 0.1) is 12.7 Å². The van der Waals surface area contributed by atoms with Gasteiger partial charge in [0, 0.05) is 0 Å². The number of hydrogen-bond acceptors (Lipinski definition) is 9. The molecule has 0 saturated heterocycles. The minimum absolute atomic E-state index is 0.0869. The van der Waals surface area contributed by atoms with E-state index in [0.717, 1.165) is 0 Å². The Bertz CT molecular complexity index is 245. The van der Waals surface area contributed by atoms with E-state index in [1.807, 2.05) is 0 Å². The maximum absolute atomic E-state index is 9.76. The summed E-state index contributed by atoms with van der Waals surface area (Å²) >= 11 is 0. The first kappa shape index (κ1) is 20.4. The molecule has 0 radical (unpaired) electrons. The van der Waals surface area contributed by atoms with Gasteiger partial charge in [-0.2, -0.15) is 0 Å². The zero-order valence-corrected chi connectivity index (χ0v) is 10.3. The summed E-state index contributed by atoms with van der Waals surface area (Å²) in [7, 11) is 0. The first-order valence-corrected chi connectivity index (χ1v) is 5.32. The fourth-order valence-corrected chi connectivity index (χ4v) is 0.782. The largest absolute Gasteiger partial charge is 0.394 e. The number of aliphatic hydroxyl groups is 7. The van der Waals surface area contributed by atoms with Crippen LogP contribution < -0.4 is 0 Å². The lowest BCUT2D eigenvalue weighted by Gasteiger charge is -2.16. The number of aldehydes is 2. The van der Waals surface area contributed by atoms with Crippen LogP contribution in [0, 0.1) is 0 Å². The Balaban J connectivity index is 0. The highest BCUT2D eigenvalue weighted by Crippen LogP contribution is 1.96. The summed E-state index contributed by atoms with van der Waals surface area (Å²) in [6.45, 7) is 0.601. The van der Waals surface area contributed by atoms with Gasteiger partial charge in [0.15, 0.2) is 12.6 Å². The van der Waals surface area contributed by atoms with Crippen LogP contribution in [0.1, 0.15) is 6.92 Å². The number of carbonyl (C=O) groups excluding carboxylic acids is 2. The van der Waals surface area contributed by atoms with E-state index < -0.39 is 43.2 Å². The summed E-state index contributed by atoms with van der Waals surface area (Å²) in [4.78, 5) is 19.5. The highest BCUT2D eigenvalue weighted by molar-refractivity contribution is 5.56. The monoisotopic (exact) mass is 284 g/mol. The second-order valence-corrected chi connectivity index (χ2v) is 3.73. The van der Waals surface area contributed by atoms with E-state index in [9.17, 15) is 9.59 Å². The molecule has 0 aliphatic heterocycles. The predicted octanol–water partition coefficient (Wildman–Crippen LogP) is -4.45. The van der Waals surface area contributed by atoms with E-state index >= 15 is 0 Å². The fourth-order valence-electron chi connectivity index (χ4n) is 0.782. The van der Waals surface area contributed by atoms with Crippen molar-refractivity contribution in [2.24, 2.45) is 0 Å². The SMILES string of the molecule is CC(O)C(O)C(O)C=O.O=CC(O)C(O)C(O)CO. The first-order chi connectivity index (χ1) is 8.72. The molecule has 19 heavy (non-hydrogen) atoms. The van der Waals surface area contributed by atoms with E-state index in [2.05, 4.69) is 0 Å². The number of aliphatic hydroxyl groups excluding tert-OH is 7. The zero-order valence-electron chi connectivity index (χ0n) is 10.3. The van der Waals surface area contributed by atoms with Crippen LogP contribution in [0.5, 0.6) is 0 Å². The van der Waals surface area contributed by atoms with Crippen LogP contribution in [0.25, 0.3) is 0 Å². The number of carbonyl (C=O) groups is 2. The summed E-state index contributed by atoms with van der Waals surface area (Å²) in [5.74, 6) is 0. The molecular weight excluding hydrogens is 264 g/mol. The topological polar surface area (TPSA) is 176 Å². The van der Waals surface area contributed by atoms with Crippen LogP contribution in [-0.2, 0) is 9.59 Å². The minimum Gasteiger partial charge on any atom is -0.394 e. The van der Waals surface area contributed by atoms with Crippen molar-refractivity contribution in [3.63, 3.8) is 0 Å². The van der Waals surface area contributed by atoms with Gasteiger partial charge in [-0.15, -0.1) is 0 Å². The van der Waals surface area contributed by atoms with Gasteiger partial charge in [0.1, 0.15) is 30.5 Å². The third-order valence-electron chi connectivity index (χ3n) is 2.05. The van der Waals surface area contributed by atoms with Gasteiger partial charge in [-0.25, -0.2) is 0 Å². The molecule has 0 aliphatic rings. The van der Waals surface area contributed by atoms with Gasteiger partial charge in [-0.05, 0) is 6.92 Å². The molecule has 0 saturated carbocycles. The van der Waals surface area contributed by atoms with E-state index in [4.69, 9.17) is 35.7 Å². The van der Waals surface area contributed by atoms with Crippen LogP contribution >= 0.6 is 0 Å². The number of hydrogen-bond donors (Lipinski definition) is 7. The van der Waals surface area contributed by atoms with Gasteiger partial charge < -0.3 is 45.3 Å². The van der Waals surface area contributed by atoms with Crippen molar-refractivity contribution >= 4 is 12.6 Å². The lowest BCUT2D eigenvalue weighted by Crippen LogP contribution is -2.40. The molecular formula is C10H20O9. The van der Waals surface area contributed by atoms with E-state index in [1.54, 1.807) is 0 Å². The molecule has 9 nitrogen and oxygen atoms in total. The summed E-state index contributed by atoms with van der Waals surface area (Å²) in [5.41, 5.74) is 0. The van der Waals surface area contributed by atoms with Crippen LogP contribution in [0.2, 0.25) is 0 Å². The highest BCUT2D eigenvalue weighted by atomic mass is 16.4. The third kappa shape index (κ3) is 8.72. The van der Waals surface area contributed by atoms with Crippen LogP contribution in [0.4, 0.5) is 0 Å². The van der Waals surface area contributed by atoms with Crippen molar-refractivity contribution in [1.29, 1.82) is 0 Å². The smallest absolute Gasteiger partial charge is 0.151 e. The third-order valence-corrected chi connectivity index (χ3v) is 2.05. The standard InChI is InChI=1S/C5H10O5.C5H10O4/c6-1-3(8)5(10)4(9)2-7;1-3(7)5(9)4(8)2-6/h1,3-5,7-10H,2H2;2-5,7-9H,1H3. The predicted molar refractivity (Wildman–Crippen MR) is 60.9 cm³/mol. The van der Waals surface area contributed by atoms with Crippen molar-refractivity contribution < 1.29 is 45.3 Å². The van der Waals surface area contributed by atoms with Crippen LogP contribution in [0.15, 0.2) is 0 Å². The molecule has 0 spiro atoms. The summed E-state index contributed by atoms with van der Waals surface area (Å²) in [6.07, 6.45) is -8.39. The Morgan fingerprint density at radius 1 is 0.842 bits per heavy atom. The fraction of sp³-hybridized carbons (Fsp3) is 0.800. The molecule has 0 aliphatic carbocycles. The Morgan fingerprint density at radius 2 is 1.21 bits per heavy atom. The van der Waals surface area contributed by atoms with Gasteiger partial charge in [0.2, 0.25) is 0 Å². The molecule has 0 heterocycles. The second kappa shape index (κ2) is 10.9. The summed E-state index contributed by atoms with van der Waals surface area (Å²) in [5, 5.41) is 59.8. The molecule has 0 fully saturated rings. The Morgan fingerprint density at radius 3 is 1.42 bits per heavy atom. The molecule has 6 unspecified atom stereocenters. The van der Waals surface area contributed by atoms with E-state index in [-0.39, 0.29) is 12.6 Å². The van der Waals surface area contributed by atoms with Crippen molar-refractivity contribution in [2.45, 2.75) is 43.5 Å². The molecule has 6 atom stereocenters. The Hall–Kier alpha value is -0.940. The maximum atomic E-state index is 9.76. The van der Waals surface area contributed by atoms with E-state index in [0.29, 0.717) is 0 Å². The lowest BCUT2D eigenvalue weighted by molar-refractivity contribution is -0.128. The van der Waals surface area contributed by atoms with Crippen molar-refractivity contribution in [3.05, 3.63) is 0 Å². The lowest BCUT2D eigenvalue weighted by atomic mass is 10.1. The van der Waals surface area contributed by atoms with Crippen LogP contribution in [0.3, 0.4) is 0 Å². The van der Waals surface area contributed by atoms with Gasteiger partial charge in [-0.1, -0.05) is 0 Å². The van der Waals surface area contributed by atoms with Crippen molar-refractivity contribution in [1.82, 2.24) is 0 Å². The first-order valence-electron chi connectivity index (χ1n) is 5.32. The van der Waals surface area contributed by atoms with Crippen LogP contribution in [-0.4, -0.2) is 91.5 Å². The molecule has 114 valence electrons. The normalized spacial score (nSPS) is 20.0. The second-order valence-electron chi connectivity index (χ2n) is 3.73. The maximum Gasteiger partial charge on any atom is 0.151 e. The molecule has 0 bridgehead atoms. The van der Waals surface area contributed by atoms with Gasteiger partial charge >= 0.3 is 0 Å². The Labute approximate surface area is 109 Å². The zero-order chi connectivity index (χ0) is 15.6. The quantitative estimate of drug-likeness (QED) is 0.227. The molecule has 0 aromatic carbocycles. The minimum atomic E-state index is -1.64. The molecule has 0 amide bonds.